The van der Waals surface area contributed by atoms with Crippen molar-refractivity contribution < 1.29 is 9.53 Å². The monoisotopic (exact) mass is 249 g/mol. The molecule has 1 aromatic carbocycles. The molecule has 1 heterocycles. The number of thioether (sulfide) groups is 1. The highest BCUT2D eigenvalue weighted by molar-refractivity contribution is 7.98. The fraction of sp³-hybridized carbons (Fsp3) is 0.182. The highest BCUT2D eigenvalue weighted by Crippen LogP contribution is 2.21. The van der Waals surface area contributed by atoms with Gasteiger partial charge in [-0.1, -0.05) is 30.0 Å². The standard InChI is InChI=1S/C11H11N3O2S/c1-16-10(15)9-5-3-2-4-8(9)6-17-11-12-7-13-14-11/h2-5,7H,6H2,1H3,(H,12,13,14). The molecule has 2 aromatic rings. The van der Waals surface area contributed by atoms with E-state index >= 15 is 0 Å². The number of carbonyl (C=O) groups is 1. The fourth-order valence-electron chi connectivity index (χ4n) is 1.37. The molecule has 0 bridgehead atoms. The average molecular weight is 249 g/mol. The second-order valence-electron chi connectivity index (χ2n) is 3.23. The predicted octanol–water partition coefficient (Wildman–Crippen LogP) is 1.88. The molecular formula is C11H11N3O2S. The molecule has 2 rings (SSSR count). The van der Waals surface area contributed by atoms with Crippen LogP contribution in [0.1, 0.15) is 15.9 Å². The zero-order valence-corrected chi connectivity index (χ0v) is 10.0. The van der Waals surface area contributed by atoms with Crippen molar-refractivity contribution in [3.05, 3.63) is 41.7 Å². The summed E-state index contributed by atoms with van der Waals surface area (Å²) in [7, 11) is 1.38. The van der Waals surface area contributed by atoms with Gasteiger partial charge in [0.25, 0.3) is 0 Å². The number of benzene rings is 1. The molecule has 0 atom stereocenters. The number of nitrogens with one attached hydrogen (secondary N) is 1. The number of carbonyl (C=O) groups excluding carboxylic acids is 1. The van der Waals surface area contributed by atoms with E-state index in [2.05, 4.69) is 15.2 Å². The maximum absolute atomic E-state index is 11.5. The summed E-state index contributed by atoms with van der Waals surface area (Å²) in [5.74, 6) is 0.319. The minimum atomic E-state index is -0.321. The van der Waals surface area contributed by atoms with Crippen LogP contribution >= 0.6 is 11.8 Å². The van der Waals surface area contributed by atoms with E-state index in [1.807, 2.05) is 18.2 Å². The zero-order chi connectivity index (χ0) is 12.1. The minimum Gasteiger partial charge on any atom is -0.465 e. The largest absolute Gasteiger partial charge is 0.465 e. The first-order chi connectivity index (χ1) is 8.31. The number of nitrogens with zero attached hydrogens (tertiary/aromatic N) is 2. The van der Waals surface area contributed by atoms with E-state index in [1.165, 1.54) is 25.2 Å². The van der Waals surface area contributed by atoms with E-state index in [1.54, 1.807) is 6.07 Å². The number of aromatic nitrogens is 3. The van der Waals surface area contributed by atoms with Crippen molar-refractivity contribution in [3.8, 4) is 0 Å². The summed E-state index contributed by atoms with van der Waals surface area (Å²) in [5.41, 5.74) is 1.50. The summed E-state index contributed by atoms with van der Waals surface area (Å²) in [6.45, 7) is 0. The van der Waals surface area contributed by atoms with Crippen molar-refractivity contribution in [2.24, 2.45) is 0 Å². The van der Waals surface area contributed by atoms with Gasteiger partial charge in [0.1, 0.15) is 6.33 Å². The van der Waals surface area contributed by atoms with E-state index in [0.29, 0.717) is 11.3 Å². The quantitative estimate of drug-likeness (QED) is 0.662. The molecule has 1 N–H and O–H groups in total. The molecule has 0 saturated carbocycles. The molecule has 0 aliphatic rings. The second-order valence-corrected chi connectivity index (χ2v) is 4.19. The Bertz CT molecular complexity index is 499. The Labute approximate surface area is 103 Å². The van der Waals surface area contributed by atoms with Gasteiger partial charge in [0.2, 0.25) is 0 Å². The third kappa shape index (κ3) is 2.85. The van der Waals surface area contributed by atoms with Crippen molar-refractivity contribution in [3.63, 3.8) is 0 Å². The van der Waals surface area contributed by atoms with Gasteiger partial charge in [-0.05, 0) is 11.6 Å². The third-order valence-corrected chi connectivity index (χ3v) is 3.11. The Balaban J connectivity index is 2.12. The molecule has 17 heavy (non-hydrogen) atoms. The Morgan fingerprint density at radius 1 is 1.47 bits per heavy atom. The topological polar surface area (TPSA) is 67.9 Å². The number of methoxy groups -OCH3 is 1. The first-order valence-electron chi connectivity index (χ1n) is 4.95. The lowest BCUT2D eigenvalue weighted by atomic mass is 10.1. The fourth-order valence-corrected chi connectivity index (χ4v) is 2.15. The van der Waals surface area contributed by atoms with Crippen LogP contribution in [0.25, 0.3) is 0 Å². The normalized spacial score (nSPS) is 10.2. The zero-order valence-electron chi connectivity index (χ0n) is 9.21. The van der Waals surface area contributed by atoms with Crippen LogP contribution in [0.4, 0.5) is 0 Å². The average Bonchev–Trinajstić information content (AvgIpc) is 2.89. The molecule has 0 amide bonds. The highest BCUT2D eigenvalue weighted by atomic mass is 32.2. The number of ether oxygens (including phenoxy) is 1. The van der Waals surface area contributed by atoms with Gasteiger partial charge in [-0.2, -0.15) is 5.10 Å². The summed E-state index contributed by atoms with van der Waals surface area (Å²) in [5, 5.41) is 7.24. The molecule has 0 fully saturated rings. The van der Waals surface area contributed by atoms with E-state index in [4.69, 9.17) is 4.74 Å². The summed E-state index contributed by atoms with van der Waals surface area (Å²) in [6.07, 6.45) is 1.45. The molecule has 0 saturated heterocycles. The van der Waals surface area contributed by atoms with Crippen molar-refractivity contribution in [1.82, 2.24) is 15.2 Å². The lowest BCUT2D eigenvalue weighted by Gasteiger charge is -2.05. The van der Waals surface area contributed by atoms with E-state index in [0.717, 1.165) is 10.7 Å². The van der Waals surface area contributed by atoms with Gasteiger partial charge in [0.15, 0.2) is 5.16 Å². The van der Waals surface area contributed by atoms with Crippen LogP contribution in [-0.2, 0) is 10.5 Å². The number of hydrogen-bond acceptors (Lipinski definition) is 5. The molecule has 0 radical (unpaired) electrons. The predicted molar refractivity (Wildman–Crippen MR) is 63.7 cm³/mol. The number of aromatic amines is 1. The number of esters is 1. The maximum atomic E-state index is 11.5. The van der Waals surface area contributed by atoms with E-state index in [9.17, 15) is 4.79 Å². The summed E-state index contributed by atoms with van der Waals surface area (Å²) in [6, 6.07) is 7.36. The molecule has 88 valence electrons. The molecule has 0 unspecified atom stereocenters. The van der Waals surface area contributed by atoms with Gasteiger partial charge in [-0.3, -0.25) is 5.10 Å². The summed E-state index contributed by atoms with van der Waals surface area (Å²) < 4.78 is 4.73. The summed E-state index contributed by atoms with van der Waals surface area (Å²) >= 11 is 1.49. The van der Waals surface area contributed by atoms with Gasteiger partial charge in [0.05, 0.1) is 12.7 Å². The lowest BCUT2D eigenvalue weighted by molar-refractivity contribution is 0.0600. The maximum Gasteiger partial charge on any atom is 0.338 e. The van der Waals surface area contributed by atoms with Gasteiger partial charge >= 0.3 is 5.97 Å². The molecular weight excluding hydrogens is 238 g/mol. The molecule has 1 aromatic heterocycles. The van der Waals surface area contributed by atoms with Crippen LogP contribution in [0, 0.1) is 0 Å². The van der Waals surface area contributed by atoms with Crippen molar-refractivity contribution >= 4 is 17.7 Å². The van der Waals surface area contributed by atoms with Gasteiger partial charge < -0.3 is 4.74 Å². The van der Waals surface area contributed by atoms with Gasteiger partial charge in [-0.25, -0.2) is 9.78 Å². The number of rotatable bonds is 4. The van der Waals surface area contributed by atoms with Crippen LogP contribution < -0.4 is 0 Å². The lowest BCUT2D eigenvalue weighted by Crippen LogP contribution is -2.04. The van der Waals surface area contributed by atoms with Crippen molar-refractivity contribution in [2.75, 3.05) is 7.11 Å². The van der Waals surface area contributed by atoms with Gasteiger partial charge in [0, 0.05) is 5.75 Å². The molecule has 0 aliphatic heterocycles. The number of hydrogen-bond donors (Lipinski definition) is 1. The van der Waals surface area contributed by atoms with Crippen LogP contribution in [0.3, 0.4) is 0 Å². The second kappa shape index (κ2) is 5.49. The Morgan fingerprint density at radius 2 is 2.29 bits per heavy atom. The van der Waals surface area contributed by atoms with E-state index in [-0.39, 0.29) is 5.97 Å². The van der Waals surface area contributed by atoms with Crippen LogP contribution in [0.2, 0.25) is 0 Å². The molecule has 5 nitrogen and oxygen atoms in total. The molecule has 6 heteroatoms. The Kier molecular flexibility index (Phi) is 3.77. The third-order valence-electron chi connectivity index (χ3n) is 2.18. The van der Waals surface area contributed by atoms with Crippen molar-refractivity contribution in [1.29, 1.82) is 0 Å². The molecule has 0 aliphatic carbocycles. The van der Waals surface area contributed by atoms with Crippen LogP contribution in [0.5, 0.6) is 0 Å². The minimum absolute atomic E-state index is 0.321. The first-order valence-corrected chi connectivity index (χ1v) is 5.94. The highest BCUT2D eigenvalue weighted by Gasteiger charge is 2.11. The number of H-pyrrole nitrogens is 1. The van der Waals surface area contributed by atoms with Crippen molar-refractivity contribution in [2.45, 2.75) is 10.9 Å². The van der Waals surface area contributed by atoms with Crippen LogP contribution in [0.15, 0.2) is 35.7 Å². The smallest absolute Gasteiger partial charge is 0.338 e. The van der Waals surface area contributed by atoms with Crippen LogP contribution in [-0.4, -0.2) is 28.3 Å². The molecule has 0 spiro atoms. The van der Waals surface area contributed by atoms with E-state index < -0.39 is 0 Å². The SMILES string of the molecule is COC(=O)c1ccccc1CSc1ncn[nH]1. The first kappa shape index (κ1) is 11.7. The Morgan fingerprint density at radius 3 is 3.00 bits per heavy atom. The van der Waals surface area contributed by atoms with Gasteiger partial charge in [-0.15, -0.1) is 0 Å². The summed E-state index contributed by atoms with van der Waals surface area (Å²) in [4.78, 5) is 15.5. The Hall–Kier alpha value is -1.82.